The monoisotopic (exact) mass is 417 g/mol. The summed E-state index contributed by atoms with van der Waals surface area (Å²) in [6.07, 6.45) is 10.7. The van der Waals surface area contributed by atoms with Gasteiger partial charge in [0.15, 0.2) is 0 Å². The molecule has 1 aliphatic heterocycles. The summed E-state index contributed by atoms with van der Waals surface area (Å²) < 4.78 is 5.47. The Morgan fingerprint density at radius 3 is 2.43 bits per heavy atom. The van der Waals surface area contributed by atoms with Crippen molar-refractivity contribution < 1.29 is 14.6 Å². The third-order valence-corrected chi connectivity index (χ3v) is 10.8. The molecule has 8 atom stereocenters. The molecule has 4 nitrogen and oxygen atoms in total. The fraction of sp³-hybridized carbons (Fsp3) is 0.962. The standard InChI is InChI=1S/C26H43NO3/c1-24(29)10-11-25(2)18(16-24)4-5-19-20-6-7-22(26(20,3)9-8-21(19)25)23(28)17-27-12-14-30-15-13-27/h18-22,29H,4-17H2,1-3H3/t18?,19-,20-,21-,22+,24?,25-,26-/m0/s1. The second kappa shape index (κ2) is 7.56. The molecule has 2 unspecified atom stereocenters. The van der Waals surface area contributed by atoms with Gasteiger partial charge in [-0.3, -0.25) is 9.69 Å². The van der Waals surface area contributed by atoms with Gasteiger partial charge in [0, 0.05) is 19.0 Å². The van der Waals surface area contributed by atoms with Crippen LogP contribution in [-0.4, -0.2) is 54.2 Å². The van der Waals surface area contributed by atoms with Gasteiger partial charge in [-0.25, -0.2) is 0 Å². The molecule has 0 aromatic carbocycles. The largest absolute Gasteiger partial charge is 0.390 e. The molecule has 1 heterocycles. The van der Waals surface area contributed by atoms with E-state index in [1.54, 1.807) is 0 Å². The molecule has 5 rings (SSSR count). The number of hydrogen-bond donors (Lipinski definition) is 1. The van der Waals surface area contributed by atoms with Crippen molar-refractivity contribution in [3.05, 3.63) is 0 Å². The van der Waals surface area contributed by atoms with Gasteiger partial charge in [0.2, 0.25) is 0 Å². The molecule has 1 saturated heterocycles. The molecule has 0 radical (unpaired) electrons. The summed E-state index contributed by atoms with van der Waals surface area (Å²) in [5.74, 6) is 3.80. The normalized spacial score (nSPS) is 51.7. The van der Waals surface area contributed by atoms with Gasteiger partial charge in [0.05, 0.1) is 25.4 Å². The fourth-order valence-electron chi connectivity index (χ4n) is 9.05. The van der Waals surface area contributed by atoms with Gasteiger partial charge in [-0.1, -0.05) is 13.8 Å². The molecule has 0 amide bonds. The van der Waals surface area contributed by atoms with Crippen molar-refractivity contribution in [1.29, 1.82) is 0 Å². The topological polar surface area (TPSA) is 49.8 Å². The number of carbonyl (C=O) groups excluding carboxylic acids is 1. The van der Waals surface area contributed by atoms with E-state index in [2.05, 4.69) is 25.7 Å². The number of rotatable bonds is 3. The van der Waals surface area contributed by atoms with Crippen molar-refractivity contribution in [2.75, 3.05) is 32.8 Å². The van der Waals surface area contributed by atoms with Gasteiger partial charge in [-0.15, -0.1) is 0 Å². The summed E-state index contributed by atoms with van der Waals surface area (Å²) in [4.78, 5) is 15.7. The molecule has 0 aromatic rings. The first-order valence-corrected chi connectivity index (χ1v) is 12.8. The highest BCUT2D eigenvalue weighted by molar-refractivity contribution is 5.84. The fourth-order valence-corrected chi connectivity index (χ4v) is 9.05. The Morgan fingerprint density at radius 1 is 0.933 bits per heavy atom. The molecular weight excluding hydrogens is 374 g/mol. The number of fused-ring (bicyclic) bond motifs is 5. The van der Waals surface area contributed by atoms with Crippen molar-refractivity contribution in [2.45, 2.75) is 84.2 Å². The quantitative estimate of drug-likeness (QED) is 0.744. The zero-order valence-electron chi connectivity index (χ0n) is 19.5. The maximum absolute atomic E-state index is 13.4. The van der Waals surface area contributed by atoms with Gasteiger partial charge in [0.25, 0.3) is 0 Å². The molecular formula is C26H43NO3. The summed E-state index contributed by atoms with van der Waals surface area (Å²) >= 11 is 0. The summed E-state index contributed by atoms with van der Waals surface area (Å²) in [6, 6.07) is 0. The van der Waals surface area contributed by atoms with Crippen LogP contribution in [0.2, 0.25) is 0 Å². The average Bonchev–Trinajstić information content (AvgIpc) is 3.06. The molecule has 0 bridgehead atoms. The van der Waals surface area contributed by atoms with Crippen LogP contribution in [0.25, 0.3) is 0 Å². The van der Waals surface area contributed by atoms with E-state index in [0.717, 1.165) is 63.3 Å². The van der Waals surface area contributed by atoms with E-state index < -0.39 is 5.60 Å². The minimum atomic E-state index is -0.454. The van der Waals surface area contributed by atoms with E-state index in [9.17, 15) is 9.90 Å². The van der Waals surface area contributed by atoms with Gasteiger partial charge in [0.1, 0.15) is 5.78 Å². The molecule has 170 valence electrons. The zero-order valence-corrected chi connectivity index (χ0v) is 19.5. The maximum atomic E-state index is 13.4. The number of carbonyl (C=O) groups is 1. The first kappa shape index (κ1) is 21.4. The van der Waals surface area contributed by atoms with Crippen molar-refractivity contribution in [3.63, 3.8) is 0 Å². The molecule has 4 heteroatoms. The highest BCUT2D eigenvalue weighted by Crippen LogP contribution is 2.68. The minimum absolute atomic E-state index is 0.216. The Hall–Kier alpha value is -0.450. The van der Waals surface area contributed by atoms with Crippen LogP contribution in [0.4, 0.5) is 0 Å². The van der Waals surface area contributed by atoms with Crippen LogP contribution in [0.5, 0.6) is 0 Å². The predicted molar refractivity (Wildman–Crippen MR) is 118 cm³/mol. The Morgan fingerprint density at radius 2 is 1.67 bits per heavy atom. The van der Waals surface area contributed by atoms with E-state index in [1.165, 1.54) is 38.5 Å². The van der Waals surface area contributed by atoms with E-state index in [4.69, 9.17) is 4.74 Å². The second-order valence-electron chi connectivity index (χ2n) is 12.4. The summed E-state index contributed by atoms with van der Waals surface area (Å²) in [7, 11) is 0. The number of nitrogens with zero attached hydrogens (tertiary/aromatic N) is 1. The lowest BCUT2D eigenvalue weighted by Gasteiger charge is -2.61. The summed E-state index contributed by atoms with van der Waals surface area (Å²) in [5.41, 5.74) is 0.167. The Bertz CT molecular complexity index is 671. The molecule has 4 saturated carbocycles. The van der Waals surface area contributed by atoms with E-state index in [1.807, 2.05) is 0 Å². The van der Waals surface area contributed by atoms with Gasteiger partial charge in [-0.2, -0.15) is 0 Å². The van der Waals surface area contributed by atoms with Crippen molar-refractivity contribution >= 4 is 5.78 Å². The van der Waals surface area contributed by atoms with Crippen LogP contribution >= 0.6 is 0 Å². The van der Waals surface area contributed by atoms with Crippen LogP contribution in [0.15, 0.2) is 0 Å². The van der Waals surface area contributed by atoms with E-state index >= 15 is 0 Å². The first-order valence-electron chi connectivity index (χ1n) is 12.8. The van der Waals surface area contributed by atoms with Crippen LogP contribution in [0, 0.1) is 40.4 Å². The first-order chi connectivity index (χ1) is 14.2. The molecule has 5 fully saturated rings. The molecule has 0 aromatic heterocycles. The highest BCUT2D eigenvalue weighted by atomic mass is 16.5. The molecule has 5 aliphatic rings. The van der Waals surface area contributed by atoms with Crippen LogP contribution in [0.1, 0.15) is 78.6 Å². The van der Waals surface area contributed by atoms with Crippen molar-refractivity contribution in [2.24, 2.45) is 40.4 Å². The molecule has 4 aliphatic carbocycles. The third kappa shape index (κ3) is 3.40. The van der Waals surface area contributed by atoms with Gasteiger partial charge in [-0.05, 0) is 99.2 Å². The van der Waals surface area contributed by atoms with Crippen LogP contribution < -0.4 is 0 Å². The lowest BCUT2D eigenvalue weighted by Crippen LogP contribution is -2.56. The summed E-state index contributed by atoms with van der Waals surface area (Å²) in [6.45, 7) is 11.1. The molecule has 30 heavy (non-hydrogen) atoms. The average molecular weight is 418 g/mol. The lowest BCUT2D eigenvalue weighted by atomic mass is 9.44. The van der Waals surface area contributed by atoms with Gasteiger partial charge >= 0.3 is 0 Å². The summed E-state index contributed by atoms with van der Waals surface area (Å²) in [5, 5.41) is 10.7. The highest BCUT2D eigenvalue weighted by Gasteiger charge is 2.61. The van der Waals surface area contributed by atoms with Crippen molar-refractivity contribution in [3.8, 4) is 0 Å². The third-order valence-electron chi connectivity index (χ3n) is 10.8. The number of ketones is 1. The number of morpholine rings is 1. The van der Waals surface area contributed by atoms with Gasteiger partial charge < -0.3 is 9.84 Å². The van der Waals surface area contributed by atoms with Crippen molar-refractivity contribution in [1.82, 2.24) is 4.90 Å². The second-order valence-corrected chi connectivity index (χ2v) is 12.4. The predicted octanol–water partition coefficient (Wildman–Crippen LogP) is 4.30. The smallest absolute Gasteiger partial charge is 0.150 e. The van der Waals surface area contributed by atoms with Crippen LogP contribution in [0.3, 0.4) is 0 Å². The number of aliphatic hydroxyl groups is 1. The number of ether oxygens (including phenoxy) is 1. The lowest BCUT2D eigenvalue weighted by molar-refractivity contribution is -0.151. The molecule has 0 spiro atoms. The van der Waals surface area contributed by atoms with Crippen LogP contribution in [-0.2, 0) is 9.53 Å². The zero-order chi connectivity index (χ0) is 21.1. The van der Waals surface area contributed by atoms with E-state index in [0.29, 0.717) is 23.7 Å². The molecule has 1 N–H and O–H groups in total. The van der Waals surface area contributed by atoms with E-state index in [-0.39, 0.29) is 11.3 Å². The Kier molecular flexibility index (Phi) is 5.39. The SMILES string of the molecule is CC1(O)CC[C@@]2(C)C(CC[C@H]3[C@@H]4CC[C@H](C(=O)CN5CCOCC5)[C@@]4(C)CC[C@@H]32)C1. The Labute approximate surface area is 183 Å². The maximum Gasteiger partial charge on any atom is 0.150 e. The number of Topliss-reactive ketones (excluding diaryl/α,β-unsaturated/α-hetero) is 1. The Balaban J connectivity index is 1.31. The number of hydrogen-bond acceptors (Lipinski definition) is 4. The minimum Gasteiger partial charge on any atom is -0.390 e.